The zero-order valence-corrected chi connectivity index (χ0v) is 8.69. The van der Waals surface area contributed by atoms with Crippen molar-refractivity contribution < 1.29 is 17.4 Å². The van der Waals surface area contributed by atoms with Gasteiger partial charge in [-0.15, -0.1) is 0 Å². The van der Waals surface area contributed by atoms with Crippen LogP contribution in [0.2, 0.25) is 0 Å². The zero-order chi connectivity index (χ0) is 11.8. The number of hydrogen-bond donors (Lipinski definition) is 2. The highest BCUT2D eigenvalue weighted by Crippen LogP contribution is 2.17. The predicted molar refractivity (Wildman–Crippen MR) is 57.7 cm³/mol. The van der Waals surface area contributed by atoms with Gasteiger partial charge >= 0.3 is 15.9 Å². The molecule has 7 heteroatoms. The molecule has 0 radical (unpaired) electrons. The molecule has 84 valence electrons. The number of anilines is 1. The van der Waals surface area contributed by atoms with Crippen molar-refractivity contribution in [3.05, 3.63) is 40.8 Å². The van der Waals surface area contributed by atoms with E-state index in [-0.39, 0.29) is 11.3 Å². The third-order valence-corrected chi connectivity index (χ3v) is 2.36. The molecule has 6 nitrogen and oxygen atoms in total. The van der Waals surface area contributed by atoms with Gasteiger partial charge in [-0.05, 0) is 18.2 Å². The van der Waals surface area contributed by atoms with E-state index in [1.54, 1.807) is 12.1 Å². The molecule has 0 fully saturated rings. The molecule has 0 spiro atoms. The van der Waals surface area contributed by atoms with Crippen LogP contribution in [-0.4, -0.2) is 13.0 Å². The highest BCUT2D eigenvalue weighted by molar-refractivity contribution is 7.87. The molecule has 0 aliphatic rings. The maximum atomic E-state index is 10.9. The monoisotopic (exact) mass is 241 g/mol. The summed E-state index contributed by atoms with van der Waals surface area (Å²) in [4.78, 5) is 10.9. The van der Waals surface area contributed by atoms with Crippen molar-refractivity contribution in [2.75, 3.05) is 4.72 Å². The fourth-order valence-corrected chi connectivity index (χ4v) is 1.70. The van der Waals surface area contributed by atoms with E-state index >= 15 is 0 Å². The van der Waals surface area contributed by atoms with E-state index in [1.165, 1.54) is 18.2 Å². The first-order valence-corrected chi connectivity index (χ1v) is 5.67. The largest absolute Gasteiger partial charge is 0.423 e. The lowest BCUT2D eigenvalue weighted by Crippen LogP contribution is -2.10. The first kappa shape index (κ1) is 10.7. The second kappa shape index (κ2) is 3.62. The lowest BCUT2D eigenvalue weighted by atomic mass is 10.2. The van der Waals surface area contributed by atoms with Gasteiger partial charge in [0, 0.05) is 17.5 Å². The molecule has 0 saturated carbocycles. The van der Waals surface area contributed by atoms with Gasteiger partial charge in [-0.2, -0.15) is 8.42 Å². The molecule has 2 aromatic rings. The van der Waals surface area contributed by atoms with Crippen LogP contribution in [0.3, 0.4) is 0 Å². The molecular weight excluding hydrogens is 234 g/mol. The van der Waals surface area contributed by atoms with E-state index in [0.717, 1.165) is 0 Å². The van der Waals surface area contributed by atoms with Crippen molar-refractivity contribution in [3.63, 3.8) is 0 Å². The van der Waals surface area contributed by atoms with E-state index in [4.69, 9.17) is 8.97 Å². The van der Waals surface area contributed by atoms with Gasteiger partial charge in [-0.1, -0.05) is 0 Å². The minimum atomic E-state index is -4.33. The highest BCUT2D eigenvalue weighted by Gasteiger charge is 2.05. The van der Waals surface area contributed by atoms with Crippen molar-refractivity contribution in [2.24, 2.45) is 0 Å². The lowest BCUT2D eigenvalue weighted by molar-refractivity contribution is 0.490. The highest BCUT2D eigenvalue weighted by atomic mass is 32.2. The fourth-order valence-electron chi connectivity index (χ4n) is 1.27. The summed E-state index contributed by atoms with van der Waals surface area (Å²) >= 11 is 0. The third kappa shape index (κ3) is 2.38. The molecule has 1 heterocycles. The van der Waals surface area contributed by atoms with E-state index < -0.39 is 15.9 Å². The summed E-state index contributed by atoms with van der Waals surface area (Å²) in [5.74, 6) is 0. The second-order valence-corrected chi connectivity index (χ2v) is 4.24. The Labute approximate surface area is 90.4 Å². The summed E-state index contributed by atoms with van der Waals surface area (Å²) in [6, 6.07) is 7.13. The Morgan fingerprint density at radius 2 is 1.88 bits per heavy atom. The average molecular weight is 241 g/mol. The van der Waals surface area contributed by atoms with Gasteiger partial charge in [0.2, 0.25) is 0 Å². The van der Waals surface area contributed by atoms with Gasteiger partial charge in [-0.25, -0.2) is 4.79 Å². The molecule has 0 atom stereocenters. The molecule has 16 heavy (non-hydrogen) atoms. The topological polar surface area (TPSA) is 96.6 Å². The Bertz CT molecular complexity index is 688. The Balaban J connectivity index is 2.55. The van der Waals surface area contributed by atoms with Crippen LogP contribution < -0.4 is 10.3 Å². The first-order chi connectivity index (χ1) is 7.44. The molecule has 0 aliphatic heterocycles. The SMILES string of the molecule is O=c1ccc2ccc(NS(=O)(=O)O)cc2o1. The Kier molecular flexibility index (Phi) is 2.41. The molecule has 2 N–H and O–H groups in total. The summed E-state index contributed by atoms with van der Waals surface area (Å²) in [5, 5.41) is 0.653. The number of benzene rings is 1. The van der Waals surface area contributed by atoms with Crippen LogP contribution in [0.5, 0.6) is 0 Å². The Morgan fingerprint density at radius 3 is 2.56 bits per heavy atom. The summed E-state index contributed by atoms with van der Waals surface area (Å²) in [7, 11) is -4.33. The maximum absolute atomic E-state index is 10.9. The molecule has 0 unspecified atom stereocenters. The van der Waals surface area contributed by atoms with E-state index in [0.29, 0.717) is 5.39 Å². The van der Waals surface area contributed by atoms with Crippen molar-refractivity contribution in [1.29, 1.82) is 0 Å². The van der Waals surface area contributed by atoms with Crippen molar-refractivity contribution >= 4 is 27.0 Å². The minimum Gasteiger partial charge on any atom is -0.423 e. The molecule has 0 aliphatic carbocycles. The van der Waals surface area contributed by atoms with Crippen molar-refractivity contribution in [3.8, 4) is 0 Å². The van der Waals surface area contributed by atoms with Gasteiger partial charge in [0.15, 0.2) is 0 Å². The lowest BCUT2D eigenvalue weighted by Gasteiger charge is -2.02. The molecule has 0 saturated heterocycles. The number of hydrogen-bond acceptors (Lipinski definition) is 4. The molecule has 1 aromatic heterocycles. The van der Waals surface area contributed by atoms with Crippen molar-refractivity contribution in [1.82, 2.24) is 0 Å². The second-order valence-electron chi connectivity index (χ2n) is 3.08. The van der Waals surface area contributed by atoms with E-state index in [1.807, 2.05) is 4.72 Å². The molecular formula is C9H7NO5S. The van der Waals surface area contributed by atoms with Gasteiger partial charge < -0.3 is 4.42 Å². The zero-order valence-electron chi connectivity index (χ0n) is 7.88. The number of fused-ring (bicyclic) bond motifs is 1. The van der Waals surface area contributed by atoms with Crippen LogP contribution >= 0.6 is 0 Å². The number of rotatable bonds is 2. The summed E-state index contributed by atoms with van der Waals surface area (Å²) in [6.07, 6.45) is 0. The summed E-state index contributed by atoms with van der Waals surface area (Å²) in [5.41, 5.74) is -0.179. The normalized spacial score (nSPS) is 11.6. The quantitative estimate of drug-likeness (QED) is 0.604. The maximum Gasteiger partial charge on any atom is 0.357 e. The van der Waals surface area contributed by atoms with Crippen LogP contribution in [0.25, 0.3) is 11.0 Å². The standard InChI is InChI=1S/C9H7NO5S/c11-9-4-2-6-1-3-7(5-8(6)15-9)10-16(12,13)14/h1-5,10H,(H,12,13,14). The third-order valence-electron chi connectivity index (χ3n) is 1.87. The van der Waals surface area contributed by atoms with Gasteiger partial charge in [0.05, 0.1) is 5.69 Å². The van der Waals surface area contributed by atoms with Crippen LogP contribution in [0.4, 0.5) is 5.69 Å². The first-order valence-electron chi connectivity index (χ1n) is 4.23. The average Bonchev–Trinajstić information content (AvgIpc) is 2.14. The van der Waals surface area contributed by atoms with Crippen molar-refractivity contribution in [2.45, 2.75) is 0 Å². The van der Waals surface area contributed by atoms with Gasteiger partial charge in [0.25, 0.3) is 0 Å². The van der Waals surface area contributed by atoms with E-state index in [9.17, 15) is 13.2 Å². The Morgan fingerprint density at radius 1 is 1.19 bits per heavy atom. The molecule has 2 rings (SSSR count). The fraction of sp³-hybridized carbons (Fsp3) is 0. The summed E-state index contributed by atoms with van der Waals surface area (Å²) in [6.45, 7) is 0. The summed E-state index contributed by atoms with van der Waals surface area (Å²) < 4.78 is 36.4. The van der Waals surface area contributed by atoms with Crippen LogP contribution in [0.15, 0.2) is 39.5 Å². The number of nitrogens with one attached hydrogen (secondary N) is 1. The van der Waals surface area contributed by atoms with Gasteiger partial charge in [0.1, 0.15) is 5.58 Å². The molecule has 0 bridgehead atoms. The molecule has 0 amide bonds. The predicted octanol–water partition coefficient (Wildman–Crippen LogP) is 1.01. The van der Waals surface area contributed by atoms with E-state index in [2.05, 4.69) is 0 Å². The minimum absolute atomic E-state index is 0.115. The van der Waals surface area contributed by atoms with Crippen LogP contribution in [-0.2, 0) is 10.3 Å². The molecule has 1 aromatic carbocycles. The van der Waals surface area contributed by atoms with Gasteiger partial charge in [-0.3, -0.25) is 9.27 Å². The van der Waals surface area contributed by atoms with Crippen LogP contribution in [0.1, 0.15) is 0 Å². The Hall–Kier alpha value is -1.86. The smallest absolute Gasteiger partial charge is 0.357 e. The van der Waals surface area contributed by atoms with Crippen LogP contribution in [0, 0.1) is 0 Å².